The second-order valence-corrected chi connectivity index (χ2v) is 6.70. The summed E-state index contributed by atoms with van der Waals surface area (Å²) in [5.74, 6) is -0.0484. The van der Waals surface area contributed by atoms with E-state index in [0.717, 1.165) is 5.56 Å². The number of rotatable bonds is 2. The third-order valence-corrected chi connectivity index (χ3v) is 4.94. The summed E-state index contributed by atoms with van der Waals surface area (Å²) in [6.45, 7) is 0.299. The number of phenols is 1. The number of benzene rings is 2. The van der Waals surface area contributed by atoms with E-state index in [0.29, 0.717) is 28.5 Å². The van der Waals surface area contributed by atoms with Gasteiger partial charge in [-0.25, -0.2) is 4.79 Å². The Morgan fingerprint density at radius 1 is 1.15 bits per heavy atom. The molecule has 2 aliphatic heterocycles. The molecule has 3 amide bonds. The molecule has 26 heavy (non-hydrogen) atoms. The van der Waals surface area contributed by atoms with Crippen molar-refractivity contribution in [2.45, 2.75) is 6.04 Å². The normalized spacial score (nSPS) is 19.7. The maximum Gasteiger partial charge on any atom is 0.322 e. The molecule has 0 saturated carbocycles. The van der Waals surface area contributed by atoms with E-state index in [1.807, 2.05) is 6.07 Å². The van der Waals surface area contributed by atoms with Crippen LogP contribution >= 0.6 is 11.6 Å². The lowest BCUT2D eigenvalue weighted by atomic mass is 9.95. The zero-order valence-electron chi connectivity index (χ0n) is 13.9. The maximum absolute atomic E-state index is 13.2. The number of halogens is 1. The molecule has 2 aromatic carbocycles. The van der Waals surface area contributed by atoms with Crippen LogP contribution < -0.4 is 10.2 Å². The zero-order chi connectivity index (χ0) is 18.4. The van der Waals surface area contributed by atoms with E-state index in [9.17, 15) is 14.7 Å². The summed E-state index contributed by atoms with van der Waals surface area (Å²) in [7, 11) is 1.65. The Kier molecular flexibility index (Phi) is 3.85. The molecule has 0 saturated heterocycles. The minimum Gasteiger partial charge on any atom is -0.508 e. The van der Waals surface area contributed by atoms with E-state index >= 15 is 0 Å². The Morgan fingerprint density at radius 3 is 2.58 bits per heavy atom. The quantitative estimate of drug-likeness (QED) is 0.854. The number of nitrogens with zero attached hydrogens (tertiary/aromatic N) is 2. The van der Waals surface area contributed by atoms with Crippen LogP contribution in [0.5, 0.6) is 5.75 Å². The number of anilines is 1. The molecule has 0 aliphatic carbocycles. The molecule has 1 atom stereocenters. The molecule has 6 nitrogen and oxygen atoms in total. The van der Waals surface area contributed by atoms with Gasteiger partial charge in [0.05, 0.1) is 23.9 Å². The minimum absolute atomic E-state index is 0.125. The van der Waals surface area contributed by atoms with Crippen molar-refractivity contribution < 1.29 is 14.7 Å². The molecule has 2 heterocycles. The van der Waals surface area contributed by atoms with Crippen molar-refractivity contribution in [2.24, 2.45) is 0 Å². The van der Waals surface area contributed by atoms with Gasteiger partial charge in [-0.1, -0.05) is 29.8 Å². The van der Waals surface area contributed by atoms with Gasteiger partial charge in [-0.15, -0.1) is 0 Å². The fourth-order valence-corrected chi connectivity index (χ4v) is 3.52. The predicted molar refractivity (Wildman–Crippen MR) is 98.0 cm³/mol. The molecule has 7 heteroatoms. The molecule has 0 fully saturated rings. The highest BCUT2D eigenvalue weighted by atomic mass is 35.5. The number of urea groups is 1. The fraction of sp³-hybridized carbons (Fsp3) is 0.158. The zero-order valence-corrected chi connectivity index (χ0v) is 14.7. The highest BCUT2D eigenvalue weighted by Crippen LogP contribution is 2.38. The highest BCUT2D eigenvalue weighted by Gasteiger charge is 2.43. The van der Waals surface area contributed by atoms with Crippen molar-refractivity contribution in [1.82, 2.24) is 10.2 Å². The molecule has 2 N–H and O–H groups in total. The van der Waals surface area contributed by atoms with Gasteiger partial charge in [0, 0.05) is 17.8 Å². The standard InChI is InChI=1S/C19H16ClN3O3/c1-22-15-10-23(13-4-2-3-12(20)9-13)18(25)16(15)17(21-19(22)26)11-5-7-14(24)8-6-11/h2-9,17,24H,10H2,1H3,(H,21,26). The van der Waals surface area contributed by atoms with Gasteiger partial charge in [0.25, 0.3) is 5.91 Å². The number of amides is 3. The van der Waals surface area contributed by atoms with Crippen molar-refractivity contribution in [3.63, 3.8) is 0 Å². The Morgan fingerprint density at radius 2 is 1.88 bits per heavy atom. The molecule has 0 spiro atoms. The van der Waals surface area contributed by atoms with Crippen molar-refractivity contribution in [1.29, 1.82) is 0 Å². The van der Waals surface area contributed by atoms with Gasteiger partial charge in [-0.05, 0) is 35.9 Å². The number of carbonyl (C=O) groups is 2. The van der Waals surface area contributed by atoms with Gasteiger partial charge < -0.3 is 15.3 Å². The molecular formula is C19H16ClN3O3. The first-order valence-electron chi connectivity index (χ1n) is 8.09. The number of likely N-dealkylation sites (N-methyl/N-ethyl adjacent to an activating group) is 1. The second kappa shape index (κ2) is 6.07. The number of hydrogen-bond acceptors (Lipinski definition) is 3. The van der Waals surface area contributed by atoms with Gasteiger partial charge >= 0.3 is 6.03 Å². The van der Waals surface area contributed by atoms with Crippen LogP contribution in [0.3, 0.4) is 0 Å². The molecule has 0 aromatic heterocycles. The van der Waals surface area contributed by atoms with Gasteiger partial charge in [0.1, 0.15) is 5.75 Å². The highest BCUT2D eigenvalue weighted by molar-refractivity contribution is 6.31. The summed E-state index contributed by atoms with van der Waals surface area (Å²) >= 11 is 6.06. The monoisotopic (exact) mass is 369 g/mol. The third-order valence-electron chi connectivity index (χ3n) is 4.71. The maximum atomic E-state index is 13.2. The average Bonchev–Trinajstić information content (AvgIpc) is 2.97. The van der Waals surface area contributed by atoms with Crippen LogP contribution in [0.2, 0.25) is 5.02 Å². The Hall–Kier alpha value is -2.99. The van der Waals surface area contributed by atoms with Crippen molar-refractivity contribution in [3.8, 4) is 5.75 Å². The van der Waals surface area contributed by atoms with E-state index < -0.39 is 6.04 Å². The van der Waals surface area contributed by atoms with Crippen LogP contribution in [-0.2, 0) is 4.79 Å². The minimum atomic E-state index is -0.564. The molecule has 0 bridgehead atoms. The van der Waals surface area contributed by atoms with Gasteiger partial charge in [-0.3, -0.25) is 9.69 Å². The van der Waals surface area contributed by atoms with Crippen LogP contribution in [0.1, 0.15) is 11.6 Å². The summed E-state index contributed by atoms with van der Waals surface area (Å²) in [4.78, 5) is 28.6. The van der Waals surface area contributed by atoms with E-state index in [-0.39, 0.29) is 17.7 Å². The molecule has 2 aromatic rings. The topological polar surface area (TPSA) is 72.9 Å². The molecule has 2 aliphatic rings. The molecule has 0 radical (unpaired) electrons. The lowest BCUT2D eigenvalue weighted by molar-refractivity contribution is -0.114. The summed E-state index contributed by atoms with van der Waals surface area (Å²) < 4.78 is 0. The number of hydrogen-bond donors (Lipinski definition) is 2. The van der Waals surface area contributed by atoms with Gasteiger partial charge in [0.15, 0.2) is 0 Å². The summed E-state index contributed by atoms with van der Waals surface area (Å²) in [5.41, 5.74) is 2.61. The predicted octanol–water partition coefficient (Wildman–Crippen LogP) is 3.04. The Balaban J connectivity index is 1.76. The summed E-state index contributed by atoms with van der Waals surface area (Å²) in [6, 6.07) is 12.7. The van der Waals surface area contributed by atoms with E-state index in [1.54, 1.807) is 42.3 Å². The number of carbonyl (C=O) groups excluding carboxylic acids is 2. The average molecular weight is 370 g/mol. The lowest BCUT2D eigenvalue weighted by Crippen LogP contribution is -2.45. The Labute approximate surface area is 155 Å². The fourth-order valence-electron chi connectivity index (χ4n) is 3.34. The van der Waals surface area contributed by atoms with Crippen molar-refractivity contribution in [3.05, 3.63) is 70.4 Å². The lowest BCUT2D eigenvalue weighted by Gasteiger charge is -2.31. The number of nitrogens with one attached hydrogen (secondary N) is 1. The SMILES string of the molecule is CN1C(=O)NC(c2ccc(O)cc2)C2=C1CN(c1cccc(Cl)c1)C2=O. The van der Waals surface area contributed by atoms with E-state index in [2.05, 4.69) is 5.32 Å². The third kappa shape index (κ3) is 2.59. The van der Waals surface area contributed by atoms with Gasteiger partial charge in [-0.2, -0.15) is 0 Å². The van der Waals surface area contributed by atoms with Crippen LogP contribution in [-0.4, -0.2) is 35.5 Å². The van der Waals surface area contributed by atoms with Crippen LogP contribution in [0, 0.1) is 0 Å². The smallest absolute Gasteiger partial charge is 0.322 e. The van der Waals surface area contributed by atoms with Crippen molar-refractivity contribution in [2.75, 3.05) is 18.5 Å². The Bertz CT molecular complexity index is 939. The summed E-state index contributed by atoms with van der Waals surface area (Å²) in [6.07, 6.45) is 0. The first kappa shape index (κ1) is 16.5. The molecule has 1 unspecified atom stereocenters. The summed E-state index contributed by atoms with van der Waals surface area (Å²) in [5, 5.41) is 12.9. The number of phenolic OH excluding ortho intramolecular Hbond substituents is 1. The van der Waals surface area contributed by atoms with Gasteiger partial charge in [0.2, 0.25) is 0 Å². The largest absolute Gasteiger partial charge is 0.508 e. The second-order valence-electron chi connectivity index (χ2n) is 6.26. The van der Waals surface area contributed by atoms with Crippen molar-refractivity contribution >= 4 is 29.2 Å². The molecular weight excluding hydrogens is 354 g/mol. The van der Waals surface area contributed by atoms with Crippen LogP contribution in [0.4, 0.5) is 10.5 Å². The van der Waals surface area contributed by atoms with E-state index in [4.69, 9.17) is 11.6 Å². The molecule has 132 valence electrons. The molecule has 4 rings (SSSR count). The first-order chi connectivity index (χ1) is 12.5. The van der Waals surface area contributed by atoms with E-state index in [1.165, 1.54) is 17.0 Å². The number of aromatic hydroxyl groups is 1. The van der Waals surface area contributed by atoms with Crippen LogP contribution in [0.15, 0.2) is 59.8 Å². The first-order valence-corrected chi connectivity index (χ1v) is 8.47. The van der Waals surface area contributed by atoms with Crippen LogP contribution in [0.25, 0.3) is 0 Å².